The van der Waals surface area contributed by atoms with Gasteiger partial charge in [0.2, 0.25) is 18.2 Å². The number of anilines is 1. The summed E-state index contributed by atoms with van der Waals surface area (Å²) in [6.45, 7) is 5.41. The SMILES string of the molecule is CCCNCCOc1ccc(NS(=O)(=O)c2ccc([C@@H](C)C(F)F)cc2)c(OC)n1.Cl. The summed E-state index contributed by atoms with van der Waals surface area (Å²) in [5.74, 6) is -0.623. The normalized spacial score (nSPS) is 12.2. The van der Waals surface area contributed by atoms with Crippen molar-refractivity contribution in [2.45, 2.75) is 37.5 Å². The van der Waals surface area contributed by atoms with Crippen LogP contribution in [0.15, 0.2) is 41.3 Å². The number of benzene rings is 1. The summed E-state index contributed by atoms with van der Waals surface area (Å²) in [5.41, 5.74) is 0.497. The Morgan fingerprint density at radius 3 is 2.35 bits per heavy atom. The van der Waals surface area contributed by atoms with E-state index in [1.165, 1.54) is 50.4 Å². The predicted molar refractivity (Wildman–Crippen MR) is 118 cm³/mol. The Morgan fingerprint density at radius 2 is 1.77 bits per heavy atom. The van der Waals surface area contributed by atoms with Crippen molar-refractivity contribution in [2.24, 2.45) is 0 Å². The average molecular weight is 480 g/mol. The number of rotatable bonds is 12. The van der Waals surface area contributed by atoms with Gasteiger partial charge < -0.3 is 14.8 Å². The molecule has 0 radical (unpaired) electrons. The number of ether oxygens (including phenoxy) is 2. The minimum Gasteiger partial charge on any atom is -0.479 e. The van der Waals surface area contributed by atoms with Crippen molar-refractivity contribution in [2.75, 3.05) is 31.5 Å². The van der Waals surface area contributed by atoms with Gasteiger partial charge in [0.15, 0.2) is 0 Å². The zero-order valence-electron chi connectivity index (χ0n) is 17.6. The van der Waals surface area contributed by atoms with Crippen molar-refractivity contribution in [1.29, 1.82) is 0 Å². The van der Waals surface area contributed by atoms with Gasteiger partial charge in [0.1, 0.15) is 12.3 Å². The molecule has 2 rings (SSSR count). The van der Waals surface area contributed by atoms with E-state index in [1.54, 1.807) is 0 Å². The third kappa shape index (κ3) is 7.79. The third-order valence-electron chi connectivity index (χ3n) is 4.32. The zero-order chi connectivity index (χ0) is 22.1. The molecule has 1 atom stereocenters. The number of sulfonamides is 1. The van der Waals surface area contributed by atoms with Crippen molar-refractivity contribution >= 4 is 28.1 Å². The van der Waals surface area contributed by atoms with Gasteiger partial charge in [-0.1, -0.05) is 26.0 Å². The zero-order valence-corrected chi connectivity index (χ0v) is 19.2. The molecule has 174 valence electrons. The van der Waals surface area contributed by atoms with Gasteiger partial charge in [-0.25, -0.2) is 17.2 Å². The van der Waals surface area contributed by atoms with E-state index in [0.717, 1.165) is 13.0 Å². The van der Waals surface area contributed by atoms with Crippen LogP contribution in [0.4, 0.5) is 14.5 Å². The maximum atomic E-state index is 12.8. The number of nitrogens with one attached hydrogen (secondary N) is 2. The van der Waals surface area contributed by atoms with Crippen LogP contribution < -0.4 is 19.5 Å². The maximum Gasteiger partial charge on any atom is 0.262 e. The molecule has 0 fully saturated rings. The van der Waals surface area contributed by atoms with E-state index in [2.05, 4.69) is 21.9 Å². The first-order valence-electron chi connectivity index (χ1n) is 9.58. The first kappa shape index (κ1) is 26.9. The third-order valence-corrected chi connectivity index (χ3v) is 5.70. The highest BCUT2D eigenvalue weighted by Crippen LogP contribution is 2.28. The van der Waals surface area contributed by atoms with Crippen LogP contribution >= 0.6 is 12.4 Å². The van der Waals surface area contributed by atoms with Gasteiger partial charge in [-0.2, -0.15) is 4.98 Å². The Labute approximate surface area is 188 Å². The Morgan fingerprint density at radius 1 is 1.10 bits per heavy atom. The minimum absolute atomic E-state index is 0. The standard InChI is InChI=1S/C20H27F2N3O4S.ClH/c1-4-11-23-12-13-29-18-10-9-17(20(24-18)28-3)25-30(26,27)16-7-5-15(6-8-16)14(2)19(21)22;/h5-10,14,19,23,25H,4,11-13H2,1-3H3;1H/t14-;/m1./s1. The van der Waals surface area contributed by atoms with Crippen molar-refractivity contribution in [1.82, 2.24) is 10.3 Å². The second kappa shape index (κ2) is 12.6. The average Bonchev–Trinajstić information content (AvgIpc) is 2.73. The molecule has 31 heavy (non-hydrogen) atoms. The summed E-state index contributed by atoms with van der Waals surface area (Å²) in [6.07, 6.45) is -1.50. The van der Waals surface area contributed by atoms with Gasteiger partial charge in [0.05, 0.1) is 12.0 Å². The lowest BCUT2D eigenvalue weighted by molar-refractivity contribution is 0.121. The lowest BCUT2D eigenvalue weighted by atomic mass is 10.0. The monoisotopic (exact) mass is 479 g/mol. The predicted octanol–water partition coefficient (Wildman–Crippen LogP) is 4.06. The van der Waals surface area contributed by atoms with Crippen LogP contribution in [0.3, 0.4) is 0 Å². The summed E-state index contributed by atoms with van der Waals surface area (Å²) < 4.78 is 64.1. The molecule has 0 aliphatic carbocycles. The Balaban J connectivity index is 0.00000480. The summed E-state index contributed by atoms with van der Waals surface area (Å²) >= 11 is 0. The van der Waals surface area contributed by atoms with E-state index in [4.69, 9.17) is 9.47 Å². The lowest BCUT2D eigenvalue weighted by Gasteiger charge is -2.14. The first-order chi connectivity index (χ1) is 14.3. The van der Waals surface area contributed by atoms with Crippen molar-refractivity contribution < 1.29 is 26.7 Å². The molecular formula is C20H28ClF2N3O4S. The maximum absolute atomic E-state index is 12.8. The summed E-state index contributed by atoms with van der Waals surface area (Å²) in [7, 11) is -2.59. The van der Waals surface area contributed by atoms with Crippen LogP contribution in [0.2, 0.25) is 0 Å². The van der Waals surface area contributed by atoms with Crippen LogP contribution in [-0.2, 0) is 10.0 Å². The molecule has 1 aromatic carbocycles. The van der Waals surface area contributed by atoms with E-state index in [-0.39, 0.29) is 28.9 Å². The summed E-state index contributed by atoms with van der Waals surface area (Å²) in [5, 5.41) is 3.19. The largest absolute Gasteiger partial charge is 0.479 e. The van der Waals surface area contributed by atoms with Crippen molar-refractivity contribution in [3.63, 3.8) is 0 Å². The number of nitrogens with zero attached hydrogens (tertiary/aromatic N) is 1. The van der Waals surface area contributed by atoms with Crippen LogP contribution in [-0.4, -0.2) is 46.6 Å². The Bertz CT molecular complexity index is 915. The molecule has 7 nitrogen and oxygen atoms in total. The molecule has 2 N–H and O–H groups in total. The Hall–Kier alpha value is -2.17. The molecule has 0 aliphatic rings. The lowest BCUT2D eigenvalue weighted by Crippen LogP contribution is -2.21. The molecule has 0 unspecified atom stereocenters. The summed E-state index contributed by atoms with van der Waals surface area (Å²) in [4.78, 5) is 4.10. The van der Waals surface area contributed by atoms with E-state index in [9.17, 15) is 17.2 Å². The number of halogens is 3. The van der Waals surface area contributed by atoms with Gasteiger partial charge >= 0.3 is 0 Å². The quantitative estimate of drug-likeness (QED) is 0.446. The molecular weight excluding hydrogens is 452 g/mol. The number of hydrogen-bond donors (Lipinski definition) is 2. The first-order valence-corrected chi connectivity index (χ1v) is 11.1. The molecule has 1 heterocycles. The van der Waals surface area contributed by atoms with Crippen LogP contribution in [0.1, 0.15) is 31.7 Å². The highest BCUT2D eigenvalue weighted by atomic mass is 35.5. The molecule has 1 aromatic heterocycles. The fourth-order valence-corrected chi connectivity index (χ4v) is 3.62. The van der Waals surface area contributed by atoms with E-state index in [1.807, 2.05) is 0 Å². The molecule has 0 aliphatic heterocycles. The van der Waals surface area contributed by atoms with Gasteiger partial charge in [0, 0.05) is 18.5 Å². The van der Waals surface area contributed by atoms with Crippen LogP contribution in [0, 0.1) is 0 Å². The van der Waals surface area contributed by atoms with Crippen molar-refractivity contribution in [3.8, 4) is 11.8 Å². The highest BCUT2D eigenvalue weighted by Gasteiger charge is 2.20. The Kier molecular flexibility index (Phi) is 10.9. The number of aromatic nitrogens is 1. The number of pyridine rings is 1. The number of methoxy groups -OCH3 is 1. The molecule has 0 saturated heterocycles. The topological polar surface area (TPSA) is 89.6 Å². The fraction of sp³-hybridized carbons (Fsp3) is 0.450. The second-order valence-corrected chi connectivity index (χ2v) is 8.28. The van der Waals surface area contributed by atoms with Crippen LogP contribution in [0.25, 0.3) is 0 Å². The summed E-state index contributed by atoms with van der Waals surface area (Å²) in [6, 6.07) is 8.36. The fourth-order valence-electron chi connectivity index (χ4n) is 2.57. The second-order valence-electron chi connectivity index (χ2n) is 6.60. The molecule has 0 spiro atoms. The van der Waals surface area contributed by atoms with E-state index < -0.39 is 22.4 Å². The van der Waals surface area contributed by atoms with Gasteiger partial charge in [-0.15, -0.1) is 12.4 Å². The number of alkyl halides is 2. The van der Waals surface area contributed by atoms with E-state index in [0.29, 0.717) is 24.6 Å². The van der Waals surface area contributed by atoms with Gasteiger partial charge in [-0.3, -0.25) is 4.72 Å². The number of hydrogen-bond acceptors (Lipinski definition) is 6. The molecule has 2 aromatic rings. The molecule has 0 saturated carbocycles. The minimum atomic E-state index is -3.96. The van der Waals surface area contributed by atoms with E-state index >= 15 is 0 Å². The molecule has 11 heteroatoms. The smallest absolute Gasteiger partial charge is 0.262 e. The highest BCUT2D eigenvalue weighted by molar-refractivity contribution is 7.92. The van der Waals surface area contributed by atoms with Gasteiger partial charge in [0.25, 0.3) is 10.0 Å². The molecule has 0 amide bonds. The van der Waals surface area contributed by atoms with Crippen LogP contribution in [0.5, 0.6) is 11.8 Å². The molecule has 0 bridgehead atoms. The van der Waals surface area contributed by atoms with Crippen molar-refractivity contribution in [3.05, 3.63) is 42.0 Å². The van der Waals surface area contributed by atoms with Gasteiger partial charge in [-0.05, 0) is 36.7 Å².